The number of benzene rings is 2. The predicted molar refractivity (Wildman–Crippen MR) is 100 cm³/mol. The van der Waals surface area contributed by atoms with Crippen molar-refractivity contribution in [3.05, 3.63) is 65.2 Å². The second kappa shape index (κ2) is 8.33. The van der Waals surface area contributed by atoms with Crippen molar-refractivity contribution in [3.8, 4) is 0 Å². The number of rotatable bonds is 5. The topological polar surface area (TPSA) is 61.4 Å². The predicted octanol–water partition coefficient (Wildman–Crippen LogP) is 3.86. The second-order valence-electron chi connectivity index (χ2n) is 6.23. The lowest BCUT2D eigenvalue weighted by atomic mass is 10.1. The van der Waals surface area contributed by atoms with Crippen LogP contribution in [0.5, 0.6) is 0 Å². The molecule has 2 N–H and O–H groups in total. The molecular formula is C20H25N3O2. The summed E-state index contributed by atoms with van der Waals surface area (Å²) in [4.78, 5) is 25.1. The van der Waals surface area contributed by atoms with Gasteiger partial charge in [0.2, 0.25) is 5.91 Å². The summed E-state index contributed by atoms with van der Waals surface area (Å²) in [6.07, 6.45) is 0. The average molecular weight is 339 g/mol. The third-order valence-electron chi connectivity index (χ3n) is 4.21. The molecule has 0 fully saturated rings. The van der Waals surface area contributed by atoms with Gasteiger partial charge in [0.25, 0.3) is 0 Å². The van der Waals surface area contributed by atoms with E-state index in [9.17, 15) is 9.59 Å². The van der Waals surface area contributed by atoms with Gasteiger partial charge in [-0.15, -0.1) is 0 Å². The highest BCUT2D eigenvalue weighted by atomic mass is 16.2. The highest BCUT2D eigenvalue weighted by Crippen LogP contribution is 2.20. The van der Waals surface area contributed by atoms with Crippen LogP contribution in [-0.4, -0.2) is 23.9 Å². The lowest BCUT2D eigenvalue weighted by molar-refractivity contribution is -0.119. The summed E-state index contributed by atoms with van der Waals surface area (Å²) >= 11 is 0. The molecule has 0 bridgehead atoms. The van der Waals surface area contributed by atoms with Crippen LogP contribution in [0.3, 0.4) is 0 Å². The van der Waals surface area contributed by atoms with Gasteiger partial charge in [-0.2, -0.15) is 0 Å². The lowest BCUT2D eigenvalue weighted by Crippen LogP contribution is -2.33. The van der Waals surface area contributed by atoms with Crippen LogP contribution < -0.4 is 10.6 Å². The summed E-state index contributed by atoms with van der Waals surface area (Å²) < 4.78 is 0. The molecular weight excluding hydrogens is 314 g/mol. The van der Waals surface area contributed by atoms with Crippen molar-refractivity contribution in [1.29, 1.82) is 0 Å². The summed E-state index contributed by atoms with van der Waals surface area (Å²) in [5, 5.41) is 5.64. The molecule has 5 nitrogen and oxygen atoms in total. The molecule has 2 aromatic carbocycles. The number of hydrogen-bond donors (Lipinski definition) is 2. The number of hydrogen-bond acceptors (Lipinski definition) is 2. The first-order valence-electron chi connectivity index (χ1n) is 8.30. The van der Waals surface area contributed by atoms with E-state index in [0.717, 1.165) is 16.8 Å². The number of nitrogens with zero attached hydrogens (tertiary/aromatic N) is 1. The van der Waals surface area contributed by atoms with Gasteiger partial charge in [-0.3, -0.25) is 4.79 Å². The maximum atomic E-state index is 12.5. The first-order chi connectivity index (χ1) is 11.9. The van der Waals surface area contributed by atoms with Crippen LogP contribution in [0.4, 0.5) is 10.5 Å². The SMILES string of the molecule is CC(=O)NCc1ccc(NC(=O)N(C)C(C)c2ccc(C)cc2)cc1. The zero-order chi connectivity index (χ0) is 18.4. The first kappa shape index (κ1) is 18.5. The Morgan fingerprint density at radius 1 is 1.04 bits per heavy atom. The Morgan fingerprint density at radius 3 is 2.20 bits per heavy atom. The van der Waals surface area contributed by atoms with Gasteiger partial charge in [0, 0.05) is 26.2 Å². The van der Waals surface area contributed by atoms with Crippen LogP contribution in [0, 0.1) is 6.92 Å². The molecule has 0 spiro atoms. The summed E-state index contributed by atoms with van der Waals surface area (Å²) in [5.74, 6) is -0.0657. The zero-order valence-corrected chi connectivity index (χ0v) is 15.2. The van der Waals surface area contributed by atoms with E-state index in [0.29, 0.717) is 6.54 Å². The molecule has 2 rings (SSSR count). The third-order valence-corrected chi connectivity index (χ3v) is 4.21. The van der Waals surface area contributed by atoms with E-state index in [1.165, 1.54) is 12.5 Å². The van der Waals surface area contributed by atoms with E-state index in [4.69, 9.17) is 0 Å². The maximum absolute atomic E-state index is 12.5. The van der Waals surface area contributed by atoms with Gasteiger partial charge >= 0.3 is 6.03 Å². The third kappa shape index (κ3) is 5.35. The van der Waals surface area contributed by atoms with Gasteiger partial charge in [-0.05, 0) is 37.1 Å². The van der Waals surface area contributed by atoms with E-state index in [-0.39, 0.29) is 18.0 Å². The number of urea groups is 1. The van der Waals surface area contributed by atoms with Crippen molar-refractivity contribution in [2.75, 3.05) is 12.4 Å². The van der Waals surface area contributed by atoms with Crippen LogP contribution in [0.15, 0.2) is 48.5 Å². The normalized spacial score (nSPS) is 11.5. The Kier molecular flexibility index (Phi) is 6.17. The number of amides is 3. The Labute approximate surface area is 149 Å². The molecule has 0 radical (unpaired) electrons. The minimum Gasteiger partial charge on any atom is -0.352 e. The van der Waals surface area contributed by atoms with E-state index in [1.54, 1.807) is 11.9 Å². The number of carbonyl (C=O) groups excluding carboxylic acids is 2. The van der Waals surface area contributed by atoms with E-state index < -0.39 is 0 Å². The maximum Gasteiger partial charge on any atom is 0.322 e. The monoisotopic (exact) mass is 339 g/mol. The largest absolute Gasteiger partial charge is 0.352 e. The molecule has 0 aliphatic rings. The van der Waals surface area contributed by atoms with Gasteiger partial charge in [0.15, 0.2) is 0 Å². The standard InChI is InChI=1S/C20H25N3O2/c1-14-5-9-18(10-6-14)15(2)23(4)20(25)22-19-11-7-17(8-12-19)13-21-16(3)24/h5-12,15H,13H2,1-4H3,(H,21,24)(H,22,25). The van der Waals surface area contributed by atoms with Gasteiger partial charge < -0.3 is 15.5 Å². The second-order valence-corrected chi connectivity index (χ2v) is 6.23. The smallest absolute Gasteiger partial charge is 0.322 e. The molecule has 132 valence electrons. The number of nitrogens with one attached hydrogen (secondary N) is 2. The van der Waals surface area contributed by atoms with Crippen molar-refractivity contribution >= 4 is 17.6 Å². The van der Waals surface area contributed by atoms with Gasteiger partial charge in [-0.25, -0.2) is 4.79 Å². The molecule has 0 heterocycles. The average Bonchev–Trinajstić information content (AvgIpc) is 2.60. The Bertz CT molecular complexity index is 724. The van der Waals surface area contributed by atoms with Crippen molar-refractivity contribution in [3.63, 3.8) is 0 Å². The van der Waals surface area contributed by atoms with E-state index in [1.807, 2.05) is 62.4 Å². The van der Waals surface area contributed by atoms with E-state index in [2.05, 4.69) is 10.6 Å². The Morgan fingerprint density at radius 2 is 1.64 bits per heavy atom. The van der Waals surface area contributed by atoms with Crippen molar-refractivity contribution in [1.82, 2.24) is 10.2 Å². The van der Waals surface area contributed by atoms with Crippen molar-refractivity contribution < 1.29 is 9.59 Å². The number of anilines is 1. The van der Waals surface area contributed by atoms with Crippen LogP contribution in [0.25, 0.3) is 0 Å². The minimum absolute atomic E-state index is 0.0281. The lowest BCUT2D eigenvalue weighted by Gasteiger charge is -2.25. The molecule has 0 aromatic heterocycles. The highest BCUT2D eigenvalue weighted by molar-refractivity contribution is 5.89. The minimum atomic E-state index is -0.164. The fourth-order valence-corrected chi connectivity index (χ4v) is 2.39. The summed E-state index contributed by atoms with van der Waals surface area (Å²) in [7, 11) is 1.78. The Balaban J connectivity index is 1.96. The fraction of sp³-hybridized carbons (Fsp3) is 0.300. The van der Waals surface area contributed by atoms with Gasteiger partial charge in [0.1, 0.15) is 0 Å². The molecule has 0 saturated heterocycles. The molecule has 25 heavy (non-hydrogen) atoms. The molecule has 0 aliphatic heterocycles. The van der Waals surface area contributed by atoms with Crippen molar-refractivity contribution in [2.45, 2.75) is 33.4 Å². The molecule has 0 saturated carbocycles. The van der Waals surface area contributed by atoms with Gasteiger partial charge in [0.05, 0.1) is 6.04 Å². The fourth-order valence-electron chi connectivity index (χ4n) is 2.39. The van der Waals surface area contributed by atoms with Crippen LogP contribution in [0.2, 0.25) is 0 Å². The zero-order valence-electron chi connectivity index (χ0n) is 15.2. The molecule has 5 heteroatoms. The summed E-state index contributed by atoms with van der Waals surface area (Å²) in [6, 6.07) is 15.4. The van der Waals surface area contributed by atoms with Crippen LogP contribution in [-0.2, 0) is 11.3 Å². The molecule has 0 aliphatic carbocycles. The molecule has 3 amide bonds. The van der Waals surface area contributed by atoms with Gasteiger partial charge in [-0.1, -0.05) is 42.0 Å². The molecule has 2 aromatic rings. The number of aryl methyl sites for hydroxylation is 1. The first-order valence-corrected chi connectivity index (χ1v) is 8.30. The molecule has 1 unspecified atom stereocenters. The van der Waals surface area contributed by atoms with E-state index >= 15 is 0 Å². The Hall–Kier alpha value is -2.82. The quantitative estimate of drug-likeness (QED) is 0.869. The highest BCUT2D eigenvalue weighted by Gasteiger charge is 2.17. The van der Waals surface area contributed by atoms with Crippen molar-refractivity contribution in [2.24, 2.45) is 0 Å². The summed E-state index contributed by atoms with van der Waals surface area (Å²) in [5.41, 5.74) is 3.99. The summed E-state index contributed by atoms with van der Waals surface area (Å²) in [6.45, 7) is 6.01. The number of carbonyl (C=O) groups is 2. The van der Waals surface area contributed by atoms with Crippen LogP contribution >= 0.6 is 0 Å². The van der Waals surface area contributed by atoms with Crippen LogP contribution in [0.1, 0.15) is 36.6 Å². The molecule has 1 atom stereocenters.